The van der Waals surface area contributed by atoms with E-state index in [1.54, 1.807) is 0 Å². The monoisotopic (exact) mass is 282 g/mol. The van der Waals surface area contributed by atoms with E-state index in [1.165, 1.54) is 32.1 Å². The summed E-state index contributed by atoms with van der Waals surface area (Å²) >= 11 is 0. The van der Waals surface area contributed by atoms with E-state index in [0.29, 0.717) is 18.4 Å². The molecule has 3 nitrogen and oxygen atoms in total. The van der Waals surface area contributed by atoms with E-state index < -0.39 is 0 Å². The average Bonchev–Trinajstić information content (AvgIpc) is 2.36. The lowest BCUT2D eigenvalue weighted by molar-refractivity contribution is -0.122. The van der Waals surface area contributed by atoms with Crippen LogP contribution >= 0.6 is 0 Å². The van der Waals surface area contributed by atoms with Crippen molar-refractivity contribution in [2.45, 2.75) is 59.8 Å². The zero-order valence-electron chi connectivity index (χ0n) is 14.0. The Bertz CT molecular complexity index is 260. The molecule has 0 atom stereocenters. The van der Waals surface area contributed by atoms with Crippen LogP contribution < -0.4 is 5.32 Å². The molecule has 0 saturated heterocycles. The topological polar surface area (TPSA) is 32.3 Å². The van der Waals surface area contributed by atoms with Gasteiger partial charge >= 0.3 is 0 Å². The minimum absolute atomic E-state index is 0.205. The Kier molecular flexibility index (Phi) is 8.20. The molecule has 1 fully saturated rings. The molecule has 0 heterocycles. The molecule has 1 N–H and O–H groups in total. The first-order valence-corrected chi connectivity index (χ1v) is 8.46. The summed E-state index contributed by atoms with van der Waals surface area (Å²) in [4.78, 5) is 14.4. The second-order valence-corrected chi connectivity index (χ2v) is 7.29. The van der Waals surface area contributed by atoms with Crippen LogP contribution in [0.25, 0.3) is 0 Å². The molecule has 1 rings (SSSR count). The van der Waals surface area contributed by atoms with Crippen LogP contribution in [0.2, 0.25) is 0 Å². The van der Waals surface area contributed by atoms with Crippen LogP contribution in [0.1, 0.15) is 59.8 Å². The maximum Gasteiger partial charge on any atom is 0.234 e. The van der Waals surface area contributed by atoms with E-state index in [-0.39, 0.29) is 5.91 Å². The van der Waals surface area contributed by atoms with Gasteiger partial charge in [0.15, 0.2) is 0 Å². The first-order chi connectivity index (χ1) is 9.47. The molecule has 1 amide bonds. The van der Waals surface area contributed by atoms with Crippen LogP contribution in [0.5, 0.6) is 0 Å². The number of carbonyl (C=O) groups is 1. The highest BCUT2D eigenvalue weighted by molar-refractivity contribution is 5.78. The third kappa shape index (κ3) is 7.88. The third-order valence-electron chi connectivity index (χ3n) is 3.93. The summed E-state index contributed by atoms with van der Waals surface area (Å²) in [7, 11) is 0. The minimum atomic E-state index is 0.205. The number of nitrogens with zero attached hydrogens (tertiary/aromatic N) is 1. The smallest absolute Gasteiger partial charge is 0.234 e. The van der Waals surface area contributed by atoms with E-state index in [0.717, 1.165) is 25.6 Å². The van der Waals surface area contributed by atoms with Gasteiger partial charge in [-0.2, -0.15) is 0 Å². The predicted molar refractivity (Wildman–Crippen MR) is 85.7 cm³/mol. The van der Waals surface area contributed by atoms with Gasteiger partial charge in [0.25, 0.3) is 0 Å². The number of hydrogen-bond donors (Lipinski definition) is 1. The van der Waals surface area contributed by atoms with E-state index in [2.05, 4.69) is 37.9 Å². The Balaban J connectivity index is 2.28. The molecular weight excluding hydrogens is 248 g/mol. The highest BCUT2D eigenvalue weighted by Gasteiger charge is 2.16. The first kappa shape index (κ1) is 17.5. The maximum atomic E-state index is 12.1. The Labute approximate surface area is 125 Å². The second kappa shape index (κ2) is 9.38. The largest absolute Gasteiger partial charge is 0.355 e. The van der Waals surface area contributed by atoms with Gasteiger partial charge in [0, 0.05) is 19.6 Å². The lowest BCUT2D eigenvalue weighted by Gasteiger charge is -2.26. The zero-order chi connectivity index (χ0) is 15.0. The van der Waals surface area contributed by atoms with Gasteiger partial charge in [-0.15, -0.1) is 0 Å². The molecule has 20 heavy (non-hydrogen) atoms. The van der Waals surface area contributed by atoms with Crippen molar-refractivity contribution in [3.8, 4) is 0 Å². The summed E-state index contributed by atoms with van der Waals surface area (Å²) in [5.74, 6) is 2.15. The first-order valence-electron chi connectivity index (χ1n) is 8.46. The Morgan fingerprint density at radius 3 is 2.10 bits per heavy atom. The third-order valence-corrected chi connectivity index (χ3v) is 3.93. The lowest BCUT2D eigenvalue weighted by Crippen LogP contribution is -2.42. The molecule has 1 aliphatic carbocycles. The Morgan fingerprint density at radius 2 is 1.60 bits per heavy atom. The summed E-state index contributed by atoms with van der Waals surface area (Å²) in [6.45, 7) is 12.3. The predicted octanol–water partition coefficient (Wildman–Crippen LogP) is 3.30. The van der Waals surface area contributed by atoms with Gasteiger partial charge in [-0.1, -0.05) is 47.0 Å². The molecular formula is C17H34N2O. The number of nitrogens with one attached hydrogen (secondary N) is 1. The fraction of sp³-hybridized carbons (Fsp3) is 0.941. The van der Waals surface area contributed by atoms with Gasteiger partial charge in [-0.3, -0.25) is 9.69 Å². The van der Waals surface area contributed by atoms with Gasteiger partial charge in [-0.25, -0.2) is 0 Å². The number of amides is 1. The van der Waals surface area contributed by atoms with Crippen molar-refractivity contribution < 1.29 is 4.79 Å². The molecule has 0 spiro atoms. The summed E-state index contributed by atoms with van der Waals surface area (Å²) in [5, 5.41) is 3.15. The molecule has 0 aromatic rings. The molecule has 118 valence electrons. The SMILES string of the molecule is CC(C)CN(CC(=O)NCC1CCCCC1)CC(C)C. The average molecular weight is 282 g/mol. The van der Waals surface area contributed by atoms with Crippen molar-refractivity contribution >= 4 is 5.91 Å². The van der Waals surface area contributed by atoms with E-state index >= 15 is 0 Å². The molecule has 1 saturated carbocycles. The van der Waals surface area contributed by atoms with Crippen molar-refractivity contribution in [1.82, 2.24) is 10.2 Å². The van der Waals surface area contributed by atoms with Crippen LogP contribution in [0.4, 0.5) is 0 Å². The molecule has 0 unspecified atom stereocenters. The van der Waals surface area contributed by atoms with E-state index in [4.69, 9.17) is 0 Å². The quantitative estimate of drug-likeness (QED) is 0.741. The molecule has 0 aliphatic heterocycles. The highest BCUT2D eigenvalue weighted by atomic mass is 16.2. The molecule has 1 aliphatic rings. The van der Waals surface area contributed by atoms with Crippen molar-refractivity contribution in [3.05, 3.63) is 0 Å². The second-order valence-electron chi connectivity index (χ2n) is 7.29. The Hall–Kier alpha value is -0.570. The standard InChI is InChI=1S/C17H34N2O/c1-14(2)11-19(12-15(3)4)13-17(20)18-10-16-8-6-5-7-9-16/h14-16H,5-13H2,1-4H3,(H,18,20). The van der Waals surface area contributed by atoms with Gasteiger partial charge < -0.3 is 5.32 Å². The van der Waals surface area contributed by atoms with E-state index in [1.807, 2.05) is 0 Å². The molecule has 3 heteroatoms. The molecule has 0 bridgehead atoms. The fourth-order valence-electron chi connectivity index (χ4n) is 3.14. The maximum absolute atomic E-state index is 12.1. The Morgan fingerprint density at radius 1 is 1.05 bits per heavy atom. The molecule has 0 radical (unpaired) electrons. The minimum Gasteiger partial charge on any atom is -0.355 e. The van der Waals surface area contributed by atoms with Crippen molar-refractivity contribution in [3.63, 3.8) is 0 Å². The van der Waals surface area contributed by atoms with Crippen LogP contribution in [-0.2, 0) is 4.79 Å². The normalized spacial score (nSPS) is 17.1. The van der Waals surface area contributed by atoms with E-state index in [9.17, 15) is 4.79 Å². The van der Waals surface area contributed by atoms with Crippen molar-refractivity contribution in [2.24, 2.45) is 17.8 Å². The van der Waals surface area contributed by atoms with Crippen molar-refractivity contribution in [1.29, 1.82) is 0 Å². The number of hydrogen-bond acceptors (Lipinski definition) is 2. The van der Waals surface area contributed by atoms with Crippen LogP contribution in [0.3, 0.4) is 0 Å². The van der Waals surface area contributed by atoms with Crippen LogP contribution in [0, 0.1) is 17.8 Å². The van der Waals surface area contributed by atoms with Gasteiger partial charge in [0.1, 0.15) is 0 Å². The lowest BCUT2D eigenvalue weighted by atomic mass is 9.89. The van der Waals surface area contributed by atoms with Gasteiger partial charge in [0.05, 0.1) is 6.54 Å². The van der Waals surface area contributed by atoms with Crippen LogP contribution in [0.15, 0.2) is 0 Å². The van der Waals surface area contributed by atoms with Gasteiger partial charge in [0.2, 0.25) is 5.91 Å². The van der Waals surface area contributed by atoms with Crippen LogP contribution in [-0.4, -0.2) is 37.0 Å². The highest BCUT2D eigenvalue weighted by Crippen LogP contribution is 2.22. The summed E-state index contributed by atoms with van der Waals surface area (Å²) in [6, 6.07) is 0. The number of rotatable bonds is 8. The number of carbonyl (C=O) groups excluding carboxylic acids is 1. The van der Waals surface area contributed by atoms with Crippen molar-refractivity contribution in [2.75, 3.05) is 26.2 Å². The molecule has 0 aromatic carbocycles. The van der Waals surface area contributed by atoms with Gasteiger partial charge in [-0.05, 0) is 30.6 Å². The fourth-order valence-corrected chi connectivity index (χ4v) is 3.14. The summed E-state index contributed by atoms with van der Waals surface area (Å²) in [5.41, 5.74) is 0. The summed E-state index contributed by atoms with van der Waals surface area (Å²) in [6.07, 6.45) is 6.64. The zero-order valence-corrected chi connectivity index (χ0v) is 14.0. The molecule has 0 aromatic heterocycles. The summed E-state index contributed by atoms with van der Waals surface area (Å²) < 4.78 is 0.